The first-order valence-electron chi connectivity index (χ1n) is 3.57. The lowest BCUT2D eigenvalue weighted by Gasteiger charge is -2.12. The van der Waals surface area contributed by atoms with Crippen LogP contribution in [0.25, 0.3) is 0 Å². The topological polar surface area (TPSA) is 0 Å². The van der Waals surface area contributed by atoms with Crippen LogP contribution in [0.15, 0.2) is 0 Å². The predicted molar refractivity (Wildman–Crippen MR) is 38.4 cm³/mol. The van der Waals surface area contributed by atoms with Crippen LogP contribution < -0.4 is 0 Å². The van der Waals surface area contributed by atoms with Gasteiger partial charge >= 0.3 is 0 Å². The van der Waals surface area contributed by atoms with E-state index in [9.17, 15) is 4.39 Å². The molecule has 4 atom stereocenters. The van der Waals surface area contributed by atoms with Gasteiger partial charge in [0, 0.05) is 10.7 Å². The van der Waals surface area contributed by atoms with Crippen molar-refractivity contribution in [2.24, 2.45) is 11.8 Å². The van der Waals surface area contributed by atoms with Crippen LogP contribution >= 0.6 is 15.9 Å². The van der Waals surface area contributed by atoms with Crippen molar-refractivity contribution in [2.45, 2.75) is 30.3 Å². The SMILES string of the molecule is F[C@@H]1C2CCC1[C@@H](Br)C2. The van der Waals surface area contributed by atoms with Crippen molar-refractivity contribution >= 4 is 15.9 Å². The Morgan fingerprint density at radius 2 is 2.11 bits per heavy atom. The third-order valence-electron chi connectivity index (χ3n) is 2.72. The van der Waals surface area contributed by atoms with Gasteiger partial charge in [-0.25, -0.2) is 4.39 Å². The molecule has 0 amide bonds. The highest BCUT2D eigenvalue weighted by atomic mass is 79.9. The Kier molecular flexibility index (Phi) is 1.33. The molecular formula is C7H10BrF. The van der Waals surface area contributed by atoms with E-state index in [4.69, 9.17) is 0 Å². The first kappa shape index (κ1) is 6.14. The van der Waals surface area contributed by atoms with Crippen molar-refractivity contribution in [3.8, 4) is 0 Å². The second-order valence-corrected chi connectivity index (χ2v) is 4.37. The maximum absolute atomic E-state index is 13.0. The van der Waals surface area contributed by atoms with Gasteiger partial charge in [-0.15, -0.1) is 0 Å². The zero-order valence-corrected chi connectivity index (χ0v) is 6.77. The molecule has 0 aromatic rings. The molecule has 0 aromatic carbocycles. The molecule has 2 bridgehead atoms. The Morgan fingerprint density at radius 3 is 2.33 bits per heavy atom. The molecule has 2 rings (SSSR count). The molecule has 0 nitrogen and oxygen atoms in total. The molecule has 2 heteroatoms. The highest BCUT2D eigenvalue weighted by Crippen LogP contribution is 2.49. The average Bonchev–Trinajstić information content (AvgIpc) is 2.25. The van der Waals surface area contributed by atoms with Gasteiger partial charge in [0.05, 0.1) is 0 Å². The van der Waals surface area contributed by atoms with Gasteiger partial charge in [0.15, 0.2) is 0 Å². The molecule has 2 saturated carbocycles. The Hall–Kier alpha value is 0.410. The third kappa shape index (κ3) is 0.754. The standard InChI is InChI=1S/C7H10BrF/c8-6-3-4-1-2-5(6)7(4)9/h4-7H,1-3H2/t4?,5?,6-,7+/m0/s1. The normalized spacial score (nSPS) is 56.7. The molecule has 0 aliphatic heterocycles. The Bertz CT molecular complexity index is 126. The van der Waals surface area contributed by atoms with Crippen LogP contribution in [0.5, 0.6) is 0 Å². The molecule has 0 N–H and O–H groups in total. The van der Waals surface area contributed by atoms with Crippen molar-refractivity contribution in [1.82, 2.24) is 0 Å². The van der Waals surface area contributed by atoms with E-state index in [1.807, 2.05) is 0 Å². The highest BCUT2D eigenvalue weighted by Gasteiger charge is 2.47. The maximum atomic E-state index is 13.0. The van der Waals surface area contributed by atoms with Gasteiger partial charge in [-0.05, 0) is 25.2 Å². The van der Waals surface area contributed by atoms with Crippen molar-refractivity contribution < 1.29 is 4.39 Å². The molecule has 9 heavy (non-hydrogen) atoms. The van der Waals surface area contributed by atoms with E-state index in [2.05, 4.69) is 15.9 Å². The third-order valence-corrected chi connectivity index (χ3v) is 3.78. The van der Waals surface area contributed by atoms with Crippen molar-refractivity contribution in [1.29, 1.82) is 0 Å². The summed E-state index contributed by atoms with van der Waals surface area (Å²) in [7, 11) is 0. The minimum atomic E-state index is -0.477. The van der Waals surface area contributed by atoms with Gasteiger partial charge in [-0.2, -0.15) is 0 Å². The fraction of sp³-hybridized carbons (Fsp3) is 1.00. The summed E-state index contributed by atoms with van der Waals surface area (Å²) in [6, 6.07) is 0. The largest absolute Gasteiger partial charge is 0.247 e. The van der Waals surface area contributed by atoms with Gasteiger partial charge in [0.1, 0.15) is 6.17 Å². The lowest BCUT2D eigenvalue weighted by atomic mass is 10.0. The summed E-state index contributed by atoms with van der Waals surface area (Å²) in [5.41, 5.74) is 0. The van der Waals surface area contributed by atoms with E-state index in [-0.39, 0.29) is 0 Å². The Morgan fingerprint density at radius 1 is 1.33 bits per heavy atom. The fourth-order valence-electron chi connectivity index (χ4n) is 2.17. The summed E-state index contributed by atoms with van der Waals surface area (Å²) in [4.78, 5) is 0.492. The van der Waals surface area contributed by atoms with Crippen LogP contribution in [0.4, 0.5) is 4.39 Å². The van der Waals surface area contributed by atoms with Gasteiger partial charge in [0.2, 0.25) is 0 Å². The fourth-order valence-corrected chi connectivity index (χ4v) is 3.20. The molecule has 0 aromatic heterocycles. The van der Waals surface area contributed by atoms with Gasteiger partial charge in [-0.1, -0.05) is 15.9 Å². The summed E-state index contributed by atoms with van der Waals surface area (Å²) in [5.74, 6) is 0.759. The van der Waals surface area contributed by atoms with E-state index < -0.39 is 6.17 Å². The molecule has 0 spiro atoms. The van der Waals surface area contributed by atoms with Crippen LogP contribution in [-0.4, -0.2) is 11.0 Å². The van der Waals surface area contributed by atoms with E-state index in [0.29, 0.717) is 16.7 Å². The van der Waals surface area contributed by atoms with Crippen molar-refractivity contribution in [3.63, 3.8) is 0 Å². The lowest BCUT2D eigenvalue weighted by molar-refractivity contribution is 0.264. The molecule has 52 valence electrons. The molecule has 2 aliphatic rings. The Labute approximate surface area is 63.0 Å². The first-order valence-corrected chi connectivity index (χ1v) is 4.49. The molecule has 2 aliphatic carbocycles. The first-order chi connectivity index (χ1) is 4.29. The number of halogens is 2. The molecule has 2 fully saturated rings. The number of rotatable bonds is 0. The zero-order valence-electron chi connectivity index (χ0n) is 5.19. The van der Waals surface area contributed by atoms with E-state index in [0.717, 1.165) is 19.3 Å². The number of alkyl halides is 2. The summed E-state index contributed by atoms with van der Waals surface area (Å²) in [6.07, 6.45) is 2.84. The number of hydrogen-bond acceptors (Lipinski definition) is 0. The van der Waals surface area contributed by atoms with E-state index in [1.165, 1.54) is 0 Å². The summed E-state index contributed by atoms with van der Waals surface area (Å²) < 4.78 is 13.0. The van der Waals surface area contributed by atoms with Crippen molar-refractivity contribution in [2.75, 3.05) is 0 Å². The lowest BCUT2D eigenvalue weighted by Crippen LogP contribution is -2.11. The second kappa shape index (κ2) is 1.94. The summed E-state index contributed by atoms with van der Waals surface area (Å²) in [6.45, 7) is 0. The monoisotopic (exact) mass is 192 g/mol. The molecule has 0 heterocycles. The van der Waals surface area contributed by atoms with Gasteiger partial charge < -0.3 is 0 Å². The minimum absolute atomic E-state index is 0.356. The van der Waals surface area contributed by atoms with Crippen LogP contribution in [0.3, 0.4) is 0 Å². The van der Waals surface area contributed by atoms with E-state index >= 15 is 0 Å². The highest BCUT2D eigenvalue weighted by molar-refractivity contribution is 9.09. The van der Waals surface area contributed by atoms with Gasteiger partial charge in [0.25, 0.3) is 0 Å². The maximum Gasteiger partial charge on any atom is 0.107 e. The molecule has 0 radical (unpaired) electrons. The van der Waals surface area contributed by atoms with Crippen LogP contribution in [0, 0.1) is 11.8 Å². The summed E-state index contributed by atoms with van der Waals surface area (Å²) >= 11 is 3.50. The summed E-state index contributed by atoms with van der Waals surface area (Å²) in [5, 5.41) is 0. The minimum Gasteiger partial charge on any atom is -0.247 e. The Balaban J connectivity index is 2.16. The quantitative estimate of drug-likeness (QED) is 0.518. The number of hydrogen-bond donors (Lipinski definition) is 0. The van der Waals surface area contributed by atoms with Gasteiger partial charge in [-0.3, -0.25) is 0 Å². The number of fused-ring (bicyclic) bond motifs is 2. The van der Waals surface area contributed by atoms with Crippen LogP contribution in [0.1, 0.15) is 19.3 Å². The smallest absolute Gasteiger partial charge is 0.107 e. The van der Waals surface area contributed by atoms with E-state index in [1.54, 1.807) is 0 Å². The molecular weight excluding hydrogens is 183 g/mol. The molecule has 2 unspecified atom stereocenters. The van der Waals surface area contributed by atoms with Crippen molar-refractivity contribution in [3.05, 3.63) is 0 Å². The average molecular weight is 193 g/mol. The van der Waals surface area contributed by atoms with Crippen LogP contribution in [-0.2, 0) is 0 Å². The predicted octanol–water partition coefficient (Wildman–Crippen LogP) is 2.52. The zero-order chi connectivity index (χ0) is 6.43. The van der Waals surface area contributed by atoms with Crippen LogP contribution in [0.2, 0.25) is 0 Å². The second-order valence-electron chi connectivity index (χ2n) is 3.20. The molecule has 0 saturated heterocycles.